The van der Waals surface area contributed by atoms with Crippen LogP contribution in [0, 0.1) is 0 Å². The minimum Gasteiger partial charge on any atom is -0.497 e. The van der Waals surface area contributed by atoms with Gasteiger partial charge in [0.05, 0.1) is 14.2 Å². The molecule has 0 saturated heterocycles. The molecular weight excluding hydrogens is 620 g/mol. The van der Waals surface area contributed by atoms with Gasteiger partial charge in [-0.05, 0) is 146 Å². The maximum absolute atomic E-state index is 6.20. The van der Waals surface area contributed by atoms with Crippen LogP contribution in [0.2, 0.25) is 0 Å². The Bertz CT molecular complexity index is 2000. The Kier molecular flexibility index (Phi) is 9.61. The van der Waals surface area contributed by atoms with Gasteiger partial charge in [0.15, 0.2) is 0 Å². The van der Waals surface area contributed by atoms with Crippen LogP contribution in [0.25, 0.3) is 0 Å². The van der Waals surface area contributed by atoms with E-state index in [1.165, 1.54) is 0 Å². The summed E-state index contributed by atoms with van der Waals surface area (Å²) in [5.41, 5.74) is 6.20. The van der Waals surface area contributed by atoms with Crippen molar-refractivity contribution in [2.75, 3.05) is 24.0 Å². The fraction of sp³-hybridized carbons (Fsp3) is 0.0455. The maximum Gasteiger partial charge on any atom is 0.127 e. The molecule has 0 aliphatic heterocycles. The number of methoxy groups -OCH3 is 2. The fourth-order valence-corrected chi connectivity index (χ4v) is 5.69. The Morgan fingerprint density at radius 2 is 0.480 bits per heavy atom. The molecule has 0 spiro atoms. The topological polar surface area (TPSA) is 43.4 Å². The molecule has 0 unspecified atom stereocenters. The largest absolute Gasteiger partial charge is 0.497 e. The van der Waals surface area contributed by atoms with E-state index < -0.39 is 0 Å². The average Bonchev–Trinajstić information content (AvgIpc) is 3.18. The van der Waals surface area contributed by atoms with Crippen molar-refractivity contribution in [3.63, 3.8) is 0 Å². The van der Waals surface area contributed by atoms with E-state index in [-0.39, 0.29) is 0 Å². The van der Waals surface area contributed by atoms with Crippen LogP contribution in [-0.4, -0.2) is 14.2 Å². The van der Waals surface area contributed by atoms with Crippen molar-refractivity contribution in [3.05, 3.63) is 182 Å². The molecule has 7 aromatic rings. The molecule has 50 heavy (non-hydrogen) atoms. The zero-order chi connectivity index (χ0) is 34.1. The summed E-state index contributed by atoms with van der Waals surface area (Å²) in [7, 11) is 3.34. The van der Waals surface area contributed by atoms with E-state index in [1.807, 2.05) is 146 Å². The number of ether oxygens (including phenoxy) is 4. The predicted octanol–water partition coefficient (Wildman–Crippen LogP) is 12.2. The second kappa shape index (κ2) is 15.0. The van der Waals surface area contributed by atoms with Gasteiger partial charge in [0, 0.05) is 34.1 Å². The van der Waals surface area contributed by atoms with Gasteiger partial charge in [-0.3, -0.25) is 0 Å². The van der Waals surface area contributed by atoms with Gasteiger partial charge in [0.1, 0.15) is 34.5 Å². The molecule has 0 heterocycles. The molecule has 0 aromatic heterocycles. The number of hydrogen-bond acceptors (Lipinski definition) is 6. The molecule has 0 saturated carbocycles. The first-order valence-electron chi connectivity index (χ1n) is 16.3. The second-order valence-electron chi connectivity index (χ2n) is 11.4. The molecule has 246 valence electrons. The SMILES string of the molecule is COc1ccc(N(c2ccc(OC)cc2)c2ccc(Oc3ccc(Oc4ccc(N(c5ccccc5)c5ccccc5)cc4)cc3)cc2)cc1. The lowest BCUT2D eigenvalue weighted by molar-refractivity contribution is 0.415. The van der Waals surface area contributed by atoms with Crippen LogP contribution < -0.4 is 28.7 Å². The van der Waals surface area contributed by atoms with Crippen LogP contribution in [0.5, 0.6) is 34.5 Å². The van der Waals surface area contributed by atoms with E-state index in [2.05, 4.69) is 46.2 Å². The number of rotatable bonds is 12. The van der Waals surface area contributed by atoms with Crippen molar-refractivity contribution >= 4 is 34.1 Å². The monoisotopic (exact) mass is 656 g/mol. The Morgan fingerprint density at radius 1 is 0.260 bits per heavy atom. The third-order valence-corrected chi connectivity index (χ3v) is 8.18. The summed E-state index contributed by atoms with van der Waals surface area (Å²) in [6, 6.07) is 60.4. The Morgan fingerprint density at radius 3 is 0.740 bits per heavy atom. The molecule has 0 fully saturated rings. The van der Waals surface area contributed by atoms with Crippen LogP contribution >= 0.6 is 0 Å². The van der Waals surface area contributed by atoms with Gasteiger partial charge in [0.25, 0.3) is 0 Å². The van der Waals surface area contributed by atoms with E-state index in [1.54, 1.807) is 14.2 Å². The molecule has 0 amide bonds. The zero-order valence-electron chi connectivity index (χ0n) is 27.8. The van der Waals surface area contributed by atoms with Gasteiger partial charge in [0.2, 0.25) is 0 Å². The normalized spacial score (nSPS) is 10.6. The van der Waals surface area contributed by atoms with Gasteiger partial charge >= 0.3 is 0 Å². The molecule has 6 nitrogen and oxygen atoms in total. The van der Waals surface area contributed by atoms with Crippen molar-refractivity contribution in [2.45, 2.75) is 0 Å². The lowest BCUT2D eigenvalue weighted by atomic mass is 10.2. The number of nitrogens with zero attached hydrogens (tertiary/aromatic N) is 2. The summed E-state index contributed by atoms with van der Waals surface area (Å²) in [4.78, 5) is 4.39. The molecule has 0 N–H and O–H groups in total. The Hall–Kier alpha value is -6.66. The summed E-state index contributed by atoms with van der Waals surface area (Å²) in [6.45, 7) is 0. The second-order valence-corrected chi connectivity index (χ2v) is 11.4. The quantitative estimate of drug-likeness (QED) is 0.130. The number of hydrogen-bond donors (Lipinski definition) is 0. The first-order chi connectivity index (χ1) is 24.7. The number of anilines is 6. The van der Waals surface area contributed by atoms with E-state index in [0.717, 1.165) is 62.9 Å². The summed E-state index contributed by atoms with van der Waals surface area (Å²) in [6.07, 6.45) is 0. The predicted molar refractivity (Wildman–Crippen MR) is 202 cm³/mol. The van der Waals surface area contributed by atoms with Gasteiger partial charge < -0.3 is 28.7 Å². The highest BCUT2D eigenvalue weighted by atomic mass is 16.5. The highest BCUT2D eigenvalue weighted by molar-refractivity contribution is 5.78. The molecule has 0 atom stereocenters. The standard InChI is InChI=1S/C44H36N2O4/c1-47-39-21-13-35(14-22-39)46(36-15-23-40(48-2)24-16-36)38-19-27-42(28-20-38)50-44-31-29-43(30-32-44)49-41-25-17-37(18-26-41)45(33-9-5-3-6-10-33)34-11-7-4-8-12-34/h3-32H,1-2H3. The number of benzene rings is 7. The van der Waals surface area contributed by atoms with Gasteiger partial charge in [-0.25, -0.2) is 0 Å². The molecule has 0 aliphatic carbocycles. The van der Waals surface area contributed by atoms with Gasteiger partial charge in [-0.2, -0.15) is 0 Å². The summed E-state index contributed by atoms with van der Waals surface area (Å²) in [5, 5.41) is 0. The van der Waals surface area contributed by atoms with Crippen LogP contribution in [0.3, 0.4) is 0 Å². The summed E-state index contributed by atoms with van der Waals surface area (Å²) >= 11 is 0. The van der Waals surface area contributed by atoms with Crippen molar-refractivity contribution in [2.24, 2.45) is 0 Å². The zero-order valence-corrected chi connectivity index (χ0v) is 27.8. The molecule has 7 aromatic carbocycles. The molecular formula is C44H36N2O4. The summed E-state index contributed by atoms with van der Waals surface area (Å²) < 4.78 is 23.2. The summed E-state index contributed by atoms with van der Waals surface area (Å²) in [5.74, 6) is 4.51. The highest BCUT2D eigenvalue weighted by Crippen LogP contribution is 2.38. The average molecular weight is 657 g/mol. The molecule has 7 rings (SSSR count). The lowest BCUT2D eigenvalue weighted by Gasteiger charge is -2.26. The smallest absolute Gasteiger partial charge is 0.127 e. The van der Waals surface area contributed by atoms with Gasteiger partial charge in [-0.15, -0.1) is 0 Å². The fourth-order valence-electron chi connectivity index (χ4n) is 5.69. The van der Waals surface area contributed by atoms with E-state index >= 15 is 0 Å². The van der Waals surface area contributed by atoms with Crippen LogP contribution in [0.15, 0.2) is 182 Å². The van der Waals surface area contributed by atoms with Crippen LogP contribution in [0.1, 0.15) is 0 Å². The Labute approximate surface area is 292 Å². The van der Waals surface area contributed by atoms with Crippen molar-refractivity contribution < 1.29 is 18.9 Å². The minimum absolute atomic E-state index is 0.712. The highest BCUT2D eigenvalue weighted by Gasteiger charge is 2.14. The van der Waals surface area contributed by atoms with E-state index in [4.69, 9.17) is 18.9 Å². The molecule has 0 aliphatic rings. The van der Waals surface area contributed by atoms with Crippen molar-refractivity contribution in [3.8, 4) is 34.5 Å². The van der Waals surface area contributed by atoms with Gasteiger partial charge in [-0.1, -0.05) is 36.4 Å². The molecule has 0 bridgehead atoms. The minimum atomic E-state index is 0.712. The molecule has 6 heteroatoms. The van der Waals surface area contributed by atoms with E-state index in [0.29, 0.717) is 5.75 Å². The van der Waals surface area contributed by atoms with Crippen LogP contribution in [0.4, 0.5) is 34.1 Å². The van der Waals surface area contributed by atoms with E-state index in [9.17, 15) is 0 Å². The first kappa shape index (κ1) is 31.9. The third kappa shape index (κ3) is 7.40. The first-order valence-corrected chi connectivity index (χ1v) is 16.3. The Balaban J connectivity index is 1.03. The maximum atomic E-state index is 6.20. The van der Waals surface area contributed by atoms with Crippen molar-refractivity contribution in [1.29, 1.82) is 0 Å². The van der Waals surface area contributed by atoms with Crippen LogP contribution in [-0.2, 0) is 0 Å². The third-order valence-electron chi connectivity index (χ3n) is 8.18. The molecule has 0 radical (unpaired) electrons. The lowest BCUT2D eigenvalue weighted by Crippen LogP contribution is -2.09. The number of para-hydroxylation sites is 2. The van der Waals surface area contributed by atoms with Crippen molar-refractivity contribution in [1.82, 2.24) is 0 Å².